The van der Waals surface area contributed by atoms with Crippen molar-refractivity contribution in [2.75, 3.05) is 19.0 Å². The third-order valence-corrected chi connectivity index (χ3v) is 3.51. The van der Waals surface area contributed by atoms with Gasteiger partial charge in [-0.1, -0.05) is 11.6 Å². The van der Waals surface area contributed by atoms with Gasteiger partial charge < -0.3 is 14.8 Å². The highest BCUT2D eigenvalue weighted by molar-refractivity contribution is 6.33. The van der Waals surface area contributed by atoms with Crippen LogP contribution < -0.4 is 10.1 Å². The molecule has 0 bridgehead atoms. The van der Waals surface area contributed by atoms with E-state index in [0.717, 1.165) is 12.1 Å². The molecule has 0 heterocycles. The molecule has 2 aromatic carbocycles. The average molecular weight is 352 g/mol. The fourth-order valence-electron chi connectivity index (χ4n) is 1.98. The lowest BCUT2D eigenvalue weighted by molar-refractivity contribution is -0.119. The van der Waals surface area contributed by atoms with Crippen LogP contribution in [0, 0.1) is 12.7 Å². The van der Waals surface area contributed by atoms with E-state index >= 15 is 0 Å². The van der Waals surface area contributed by atoms with Crippen LogP contribution in [-0.2, 0) is 9.53 Å². The number of benzene rings is 2. The fourth-order valence-corrected chi connectivity index (χ4v) is 2.19. The van der Waals surface area contributed by atoms with Crippen LogP contribution >= 0.6 is 11.6 Å². The zero-order chi connectivity index (χ0) is 17.7. The van der Waals surface area contributed by atoms with E-state index in [1.165, 1.54) is 13.2 Å². The van der Waals surface area contributed by atoms with Gasteiger partial charge in [-0.05, 0) is 48.9 Å². The van der Waals surface area contributed by atoms with E-state index in [4.69, 9.17) is 21.1 Å². The number of carbonyl (C=O) groups excluding carboxylic acids is 2. The number of anilines is 1. The van der Waals surface area contributed by atoms with Crippen LogP contribution in [0.25, 0.3) is 0 Å². The number of methoxy groups -OCH3 is 1. The lowest BCUT2D eigenvalue weighted by Gasteiger charge is -2.10. The number of nitrogens with one attached hydrogen (secondary N) is 1. The molecule has 1 N–H and O–H groups in total. The minimum atomic E-state index is -0.629. The summed E-state index contributed by atoms with van der Waals surface area (Å²) in [5, 5.41) is 2.50. The monoisotopic (exact) mass is 351 g/mol. The first-order valence-corrected chi connectivity index (χ1v) is 7.35. The van der Waals surface area contributed by atoms with Gasteiger partial charge in [-0.15, -0.1) is 0 Å². The molecule has 0 atom stereocenters. The van der Waals surface area contributed by atoms with Crippen LogP contribution in [0.5, 0.6) is 5.75 Å². The average Bonchev–Trinajstić information content (AvgIpc) is 2.55. The van der Waals surface area contributed by atoms with E-state index in [1.807, 2.05) is 0 Å². The topological polar surface area (TPSA) is 64.6 Å². The van der Waals surface area contributed by atoms with Crippen molar-refractivity contribution in [3.8, 4) is 5.75 Å². The molecule has 0 radical (unpaired) electrons. The van der Waals surface area contributed by atoms with Crippen molar-refractivity contribution in [1.82, 2.24) is 0 Å². The predicted molar refractivity (Wildman–Crippen MR) is 88.1 cm³/mol. The molecule has 7 heteroatoms. The Kier molecular flexibility index (Phi) is 5.76. The van der Waals surface area contributed by atoms with Crippen molar-refractivity contribution >= 4 is 29.2 Å². The molecular formula is C17H15ClFNO4. The number of ether oxygens (including phenoxy) is 2. The van der Waals surface area contributed by atoms with Crippen molar-refractivity contribution in [3.05, 3.63) is 58.4 Å². The van der Waals surface area contributed by atoms with Gasteiger partial charge in [0.1, 0.15) is 11.6 Å². The van der Waals surface area contributed by atoms with Crippen molar-refractivity contribution in [2.24, 2.45) is 0 Å². The first-order chi connectivity index (χ1) is 11.4. The van der Waals surface area contributed by atoms with Crippen LogP contribution in [0.4, 0.5) is 10.1 Å². The number of aryl methyl sites for hydroxylation is 1. The van der Waals surface area contributed by atoms with Gasteiger partial charge in [0.05, 0.1) is 23.4 Å². The first-order valence-electron chi connectivity index (χ1n) is 6.97. The molecule has 5 nitrogen and oxygen atoms in total. The fraction of sp³-hybridized carbons (Fsp3) is 0.176. The van der Waals surface area contributed by atoms with E-state index in [9.17, 15) is 14.0 Å². The molecule has 1 amide bonds. The molecule has 0 fully saturated rings. The summed E-state index contributed by atoms with van der Waals surface area (Å²) in [5.74, 6) is -1.11. The van der Waals surface area contributed by atoms with Crippen LogP contribution in [0.3, 0.4) is 0 Å². The Labute approximate surface area is 143 Å². The second-order valence-electron chi connectivity index (χ2n) is 4.93. The Morgan fingerprint density at radius 2 is 1.96 bits per heavy atom. The molecule has 126 valence electrons. The maximum absolute atomic E-state index is 12.9. The summed E-state index contributed by atoms with van der Waals surface area (Å²) in [6, 6.07) is 8.44. The number of amides is 1. The number of halogens is 2. The zero-order valence-electron chi connectivity index (χ0n) is 13.1. The van der Waals surface area contributed by atoms with Gasteiger partial charge in [-0.3, -0.25) is 4.79 Å². The summed E-state index contributed by atoms with van der Waals surface area (Å²) in [7, 11) is 1.53. The summed E-state index contributed by atoms with van der Waals surface area (Å²) in [5.41, 5.74) is 1.24. The summed E-state index contributed by atoms with van der Waals surface area (Å²) < 4.78 is 23.0. The highest BCUT2D eigenvalue weighted by Gasteiger charge is 2.14. The highest BCUT2D eigenvalue weighted by atomic mass is 35.5. The van der Waals surface area contributed by atoms with Crippen molar-refractivity contribution in [1.29, 1.82) is 0 Å². The van der Waals surface area contributed by atoms with E-state index < -0.39 is 24.3 Å². The number of esters is 1. The maximum atomic E-state index is 12.9. The molecule has 0 unspecified atom stereocenters. The normalized spacial score (nSPS) is 10.2. The highest BCUT2D eigenvalue weighted by Crippen LogP contribution is 2.22. The molecule has 0 aromatic heterocycles. The minimum Gasteiger partial charge on any atom is -0.497 e. The third kappa shape index (κ3) is 4.45. The summed E-state index contributed by atoms with van der Waals surface area (Å²) >= 11 is 5.81. The summed E-state index contributed by atoms with van der Waals surface area (Å²) in [6.07, 6.45) is 0. The molecular weight excluding hydrogens is 337 g/mol. The molecule has 2 rings (SSSR count). The van der Waals surface area contributed by atoms with Crippen LogP contribution in [0.2, 0.25) is 5.02 Å². The van der Waals surface area contributed by atoms with E-state index in [1.54, 1.807) is 25.1 Å². The van der Waals surface area contributed by atoms with Gasteiger partial charge in [0.25, 0.3) is 5.91 Å². The Hall–Kier alpha value is -2.60. The number of hydrogen-bond donors (Lipinski definition) is 1. The van der Waals surface area contributed by atoms with Gasteiger partial charge in [-0.25, -0.2) is 9.18 Å². The van der Waals surface area contributed by atoms with E-state index in [-0.39, 0.29) is 10.7 Å². The maximum Gasteiger partial charge on any atom is 0.338 e. The molecule has 24 heavy (non-hydrogen) atoms. The molecule has 0 aliphatic carbocycles. The quantitative estimate of drug-likeness (QED) is 0.836. The predicted octanol–water partition coefficient (Wildman–Crippen LogP) is 3.59. The Morgan fingerprint density at radius 1 is 1.21 bits per heavy atom. The van der Waals surface area contributed by atoms with Crippen molar-refractivity contribution < 1.29 is 23.5 Å². The van der Waals surface area contributed by atoms with E-state index in [0.29, 0.717) is 16.9 Å². The molecule has 2 aromatic rings. The second kappa shape index (κ2) is 7.79. The van der Waals surface area contributed by atoms with Gasteiger partial charge in [0.2, 0.25) is 0 Å². The number of rotatable bonds is 5. The smallest absolute Gasteiger partial charge is 0.338 e. The molecule has 0 aliphatic rings. The van der Waals surface area contributed by atoms with E-state index in [2.05, 4.69) is 5.32 Å². The Balaban J connectivity index is 1.95. The SMILES string of the molecule is COc1ccc(C(=O)OCC(=O)Nc2ccc(F)cc2Cl)c(C)c1. The Morgan fingerprint density at radius 3 is 2.58 bits per heavy atom. The molecule has 0 aliphatic heterocycles. The standard InChI is InChI=1S/C17H15ClFNO4/c1-10-7-12(23-2)4-5-13(10)17(22)24-9-16(21)20-15-6-3-11(19)8-14(15)18/h3-8H,9H2,1-2H3,(H,20,21). The molecule has 0 saturated heterocycles. The zero-order valence-corrected chi connectivity index (χ0v) is 13.8. The molecule has 0 spiro atoms. The lowest BCUT2D eigenvalue weighted by atomic mass is 10.1. The minimum absolute atomic E-state index is 0.0562. The summed E-state index contributed by atoms with van der Waals surface area (Å²) in [6.45, 7) is 1.25. The van der Waals surface area contributed by atoms with Crippen molar-refractivity contribution in [3.63, 3.8) is 0 Å². The first kappa shape index (κ1) is 17.7. The molecule has 0 saturated carbocycles. The van der Waals surface area contributed by atoms with Crippen LogP contribution in [0.15, 0.2) is 36.4 Å². The van der Waals surface area contributed by atoms with Gasteiger partial charge in [-0.2, -0.15) is 0 Å². The lowest BCUT2D eigenvalue weighted by Crippen LogP contribution is -2.21. The second-order valence-corrected chi connectivity index (χ2v) is 5.34. The van der Waals surface area contributed by atoms with Gasteiger partial charge in [0, 0.05) is 0 Å². The van der Waals surface area contributed by atoms with Gasteiger partial charge in [0.15, 0.2) is 6.61 Å². The number of hydrogen-bond acceptors (Lipinski definition) is 4. The van der Waals surface area contributed by atoms with Crippen LogP contribution in [0.1, 0.15) is 15.9 Å². The van der Waals surface area contributed by atoms with Crippen molar-refractivity contribution in [2.45, 2.75) is 6.92 Å². The summed E-state index contributed by atoms with van der Waals surface area (Å²) in [4.78, 5) is 23.8. The third-order valence-electron chi connectivity index (χ3n) is 3.19. The number of carbonyl (C=O) groups is 2. The Bertz CT molecular complexity index is 779. The van der Waals surface area contributed by atoms with Gasteiger partial charge >= 0.3 is 5.97 Å². The van der Waals surface area contributed by atoms with Crippen LogP contribution in [-0.4, -0.2) is 25.6 Å². The largest absolute Gasteiger partial charge is 0.497 e.